The fourth-order valence-electron chi connectivity index (χ4n) is 1.81. The largest absolute Gasteiger partial charge is 0.393 e. The molecule has 0 unspecified atom stereocenters. The molecule has 0 bridgehead atoms. The highest BCUT2D eigenvalue weighted by atomic mass is 32.1. The maximum absolute atomic E-state index is 11.6. The molecule has 0 saturated carbocycles. The summed E-state index contributed by atoms with van der Waals surface area (Å²) in [7, 11) is 0. The molecule has 13 heavy (non-hydrogen) atoms. The SMILES string of the molecule is CC1(C)CCCN1C(=O)CC(N)=S. The maximum Gasteiger partial charge on any atom is 0.229 e. The summed E-state index contributed by atoms with van der Waals surface area (Å²) in [5.41, 5.74) is 5.32. The van der Waals surface area contributed by atoms with E-state index < -0.39 is 0 Å². The Labute approximate surface area is 84.3 Å². The van der Waals surface area contributed by atoms with Gasteiger partial charge in [-0.2, -0.15) is 0 Å². The van der Waals surface area contributed by atoms with Gasteiger partial charge in [-0.05, 0) is 26.7 Å². The fourth-order valence-corrected chi connectivity index (χ4v) is 1.94. The van der Waals surface area contributed by atoms with Crippen molar-refractivity contribution in [2.24, 2.45) is 5.73 Å². The van der Waals surface area contributed by atoms with E-state index in [2.05, 4.69) is 13.8 Å². The van der Waals surface area contributed by atoms with E-state index in [4.69, 9.17) is 18.0 Å². The number of likely N-dealkylation sites (tertiary alicyclic amines) is 1. The van der Waals surface area contributed by atoms with Crippen LogP contribution in [0.5, 0.6) is 0 Å². The van der Waals surface area contributed by atoms with E-state index in [1.807, 2.05) is 4.90 Å². The number of hydrogen-bond donors (Lipinski definition) is 1. The predicted molar refractivity (Wildman–Crippen MR) is 56.4 cm³/mol. The van der Waals surface area contributed by atoms with Crippen LogP contribution in [0.15, 0.2) is 0 Å². The van der Waals surface area contributed by atoms with E-state index in [9.17, 15) is 4.79 Å². The fraction of sp³-hybridized carbons (Fsp3) is 0.778. The lowest BCUT2D eigenvalue weighted by atomic mass is 10.0. The summed E-state index contributed by atoms with van der Waals surface area (Å²) in [6, 6.07) is 0. The molecule has 1 saturated heterocycles. The number of amides is 1. The Morgan fingerprint density at radius 1 is 1.62 bits per heavy atom. The topological polar surface area (TPSA) is 46.3 Å². The average molecular weight is 200 g/mol. The molecule has 3 nitrogen and oxygen atoms in total. The lowest BCUT2D eigenvalue weighted by Crippen LogP contribution is -2.43. The molecular weight excluding hydrogens is 184 g/mol. The van der Waals surface area contributed by atoms with E-state index in [0.29, 0.717) is 0 Å². The minimum Gasteiger partial charge on any atom is -0.393 e. The summed E-state index contributed by atoms with van der Waals surface area (Å²) in [6.45, 7) is 5.00. The summed E-state index contributed by atoms with van der Waals surface area (Å²) >= 11 is 4.71. The summed E-state index contributed by atoms with van der Waals surface area (Å²) in [5, 5.41) is 0. The summed E-state index contributed by atoms with van der Waals surface area (Å²) in [6.07, 6.45) is 2.35. The molecule has 0 aromatic heterocycles. The maximum atomic E-state index is 11.6. The van der Waals surface area contributed by atoms with Gasteiger partial charge >= 0.3 is 0 Å². The summed E-state index contributed by atoms with van der Waals surface area (Å²) in [4.78, 5) is 13.8. The zero-order chi connectivity index (χ0) is 10.1. The number of hydrogen-bond acceptors (Lipinski definition) is 2. The third-order valence-electron chi connectivity index (χ3n) is 2.53. The van der Waals surface area contributed by atoms with Gasteiger partial charge in [-0.1, -0.05) is 12.2 Å². The van der Waals surface area contributed by atoms with E-state index in [0.717, 1.165) is 19.4 Å². The molecule has 1 rings (SSSR count). The van der Waals surface area contributed by atoms with Crippen LogP contribution in [0.25, 0.3) is 0 Å². The Morgan fingerprint density at radius 2 is 2.23 bits per heavy atom. The Kier molecular flexibility index (Phi) is 2.91. The minimum atomic E-state index is -0.0120. The van der Waals surface area contributed by atoms with Crippen LogP contribution in [-0.4, -0.2) is 27.9 Å². The number of thiocarbonyl (C=S) groups is 1. The first-order chi connectivity index (χ1) is 5.93. The van der Waals surface area contributed by atoms with Gasteiger partial charge in [0.05, 0.1) is 11.4 Å². The number of nitrogens with two attached hydrogens (primary N) is 1. The minimum absolute atomic E-state index is 0.0120. The average Bonchev–Trinajstić information content (AvgIpc) is 2.27. The molecule has 1 heterocycles. The van der Waals surface area contributed by atoms with Crippen LogP contribution >= 0.6 is 12.2 Å². The Hall–Kier alpha value is -0.640. The second-order valence-corrected chi connectivity index (χ2v) is 4.63. The third kappa shape index (κ3) is 2.40. The van der Waals surface area contributed by atoms with Crippen molar-refractivity contribution >= 4 is 23.1 Å². The molecule has 0 atom stereocenters. The molecule has 74 valence electrons. The van der Waals surface area contributed by atoms with Crippen molar-refractivity contribution in [1.82, 2.24) is 4.90 Å². The van der Waals surface area contributed by atoms with E-state index >= 15 is 0 Å². The second-order valence-electron chi connectivity index (χ2n) is 4.10. The van der Waals surface area contributed by atoms with Crippen LogP contribution in [0.4, 0.5) is 0 Å². The van der Waals surface area contributed by atoms with Crippen molar-refractivity contribution in [1.29, 1.82) is 0 Å². The summed E-state index contributed by atoms with van der Waals surface area (Å²) < 4.78 is 0. The van der Waals surface area contributed by atoms with E-state index in [-0.39, 0.29) is 22.9 Å². The normalized spacial score (nSPS) is 20.3. The zero-order valence-corrected chi connectivity index (χ0v) is 8.99. The van der Waals surface area contributed by atoms with Gasteiger partial charge in [0.1, 0.15) is 0 Å². The van der Waals surface area contributed by atoms with Crippen LogP contribution in [0.2, 0.25) is 0 Å². The van der Waals surface area contributed by atoms with Gasteiger partial charge in [0.25, 0.3) is 0 Å². The molecule has 4 heteroatoms. The quantitative estimate of drug-likeness (QED) is 0.678. The van der Waals surface area contributed by atoms with Gasteiger partial charge < -0.3 is 10.6 Å². The van der Waals surface area contributed by atoms with Gasteiger partial charge in [-0.15, -0.1) is 0 Å². The number of nitrogens with zero attached hydrogens (tertiary/aromatic N) is 1. The lowest BCUT2D eigenvalue weighted by molar-refractivity contribution is -0.132. The first-order valence-electron chi connectivity index (χ1n) is 4.52. The van der Waals surface area contributed by atoms with Crippen LogP contribution in [-0.2, 0) is 4.79 Å². The highest BCUT2D eigenvalue weighted by Crippen LogP contribution is 2.28. The van der Waals surface area contributed by atoms with Crippen molar-refractivity contribution in [2.75, 3.05) is 6.54 Å². The molecule has 0 aromatic rings. The van der Waals surface area contributed by atoms with E-state index in [1.54, 1.807) is 0 Å². The first-order valence-corrected chi connectivity index (χ1v) is 4.93. The standard InChI is InChI=1S/C9H16N2OS/c1-9(2)4-3-5-11(9)8(12)6-7(10)13/h3-6H2,1-2H3,(H2,10,13). The van der Waals surface area contributed by atoms with Crippen molar-refractivity contribution in [3.8, 4) is 0 Å². The van der Waals surface area contributed by atoms with Gasteiger partial charge in [-0.25, -0.2) is 0 Å². The number of carbonyl (C=O) groups excluding carboxylic acids is 1. The van der Waals surface area contributed by atoms with Crippen molar-refractivity contribution < 1.29 is 4.79 Å². The Morgan fingerprint density at radius 3 is 2.62 bits per heavy atom. The monoisotopic (exact) mass is 200 g/mol. The van der Waals surface area contributed by atoms with Crippen molar-refractivity contribution in [3.63, 3.8) is 0 Å². The van der Waals surface area contributed by atoms with Gasteiger partial charge in [-0.3, -0.25) is 4.79 Å². The van der Waals surface area contributed by atoms with Crippen LogP contribution in [0.3, 0.4) is 0 Å². The second kappa shape index (κ2) is 3.62. The van der Waals surface area contributed by atoms with Crippen LogP contribution in [0.1, 0.15) is 33.1 Å². The molecule has 2 N–H and O–H groups in total. The van der Waals surface area contributed by atoms with E-state index in [1.165, 1.54) is 0 Å². The van der Waals surface area contributed by atoms with Gasteiger partial charge in [0.15, 0.2) is 0 Å². The first kappa shape index (κ1) is 10.4. The van der Waals surface area contributed by atoms with Gasteiger partial charge in [0.2, 0.25) is 5.91 Å². The molecule has 0 radical (unpaired) electrons. The summed E-state index contributed by atoms with van der Waals surface area (Å²) in [5.74, 6) is 0.0648. The van der Waals surface area contributed by atoms with Crippen LogP contribution < -0.4 is 5.73 Å². The third-order valence-corrected chi connectivity index (χ3v) is 2.67. The molecule has 1 fully saturated rings. The Balaban J connectivity index is 2.61. The number of carbonyl (C=O) groups is 1. The van der Waals surface area contributed by atoms with Crippen LogP contribution in [0, 0.1) is 0 Å². The predicted octanol–water partition coefficient (Wildman–Crippen LogP) is 1.06. The molecule has 1 aliphatic rings. The zero-order valence-electron chi connectivity index (χ0n) is 8.17. The lowest BCUT2D eigenvalue weighted by Gasteiger charge is -2.31. The highest BCUT2D eigenvalue weighted by molar-refractivity contribution is 7.80. The molecule has 1 aliphatic heterocycles. The molecule has 0 aliphatic carbocycles. The van der Waals surface area contributed by atoms with Gasteiger partial charge in [0, 0.05) is 12.1 Å². The number of rotatable bonds is 2. The smallest absolute Gasteiger partial charge is 0.229 e. The Bertz CT molecular complexity index is 238. The molecule has 0 aromatic carbocycles. The molecular formula is C9H16N2OS. The van der Waals surface area contributed by atoms with Crippen molar-refractivity contribution in [3.05, 3.63) is 0 Å². The highest BCUT2D eigenvalue weighted by Gasteiger charge is 2.34. The van der Waals surface area contributed by atoms with Crippen molar-refractivity contribution in [2.45, 2.75) is 38.6 Å². The molecule has 1 amide bonds. The molecule has 0 spiro atoms.